The van der Waals surface area contributed by atoms with E-state index in [1.165, 1.54) is 0 Å². The number of ether oxygens (including phenoxy) is 1. The molecule has 1 saturated carbocycles. The molecule has 1 fully saturated rings. The van der Waals surface area contributed by atoms with E-state index >= 15 is 0 Å². The van der Waals surface area contributed by atoms with Crippen molar-refractivity contribution in [3.63, 3.8) is 0 Å². The second-order valence-corrected chi connectivity index (χ2v) is 6.46. The van der Waals surface area contributed by atoms with Crippen molar-refractivity contribution >= 4 is 5.82 Å². The molecule has 4 heteroatoms. The molecule has 1 aromatic rings. The van der Waals surface area contributed by atoms with Crippen LogP contribution in [0.15, 0.2) is 6.33 Å². The molecule has 1 aliphatic carbocycles. The summed E-state index contributed by atoms with van der Waals surface area (Å²) in [5.41, 5.74) is 1.77. The number of nitrogens with zero attached hydrogens (tertiary/aromatic N) is 2. The number of rotatable bonds is 5. The van der Waals surface area contributed by atoms with Gasteiger partial charge in [0.25, 0.3) is 0 Å². The highest BCUT2D eigenvalue weighted by Gasteiger charge is 2.64. The smallest absolute Gasteiger partial charge is 0.221 e. The van der Waals surface area contributed by atoms with Crippen LogP contribution in [0.25, 0.3) is 0 Å². The summed E-state index contributed by atoms with van der Waals surface area (Å²) in [7, 11) is 0. The van der Waals surface area contributed by atoms with E-state index in [-0.39, 0.29) is 0 Å². The van der Waals surface area contributed by atoms with Gasteiger partial charge in [-0.2, -0.15) is 0 Å². The molecule has 1 aliphatic rings. The molecule has 0 unspecified atom stereocenters. The van der Waals surface area contributed by atoms with Gasteiger partial charge in [-0.3, -0.25) is 0 Å². The third-order valence-electron chi connectivity index (χ3n) is 5.11. The maximum atomic E-state index is 5.49. The molecule has 4 nitrogen and oxygen atoms in total. The van der Waals surface area contributed by atoms with E-state index in [0.29, 0.717) is 29.2 Å². The zero-order valence-electron chi connectivity index (χ0n) is 12.9. The van der Waals surface area contributed by atoms with Crippen molar-refractivity contribution in [3.05, 3.63) is 11.9 Å². The van der Waals surface area contributed by atoms with Crippen LogP contribution in [0.4, 0.5) is 5.82 Å². The normalized spacial score (nSPS) is 20.1. The van der Waals surface area contributed by atoms with Crippen molar-refractivity contribution in [2.24, 2.45) is 16.7 Å². The summed E-state index contributed by atoms with van der Waals surface area (Å²) in [5.74, 6) is 2.23. The fraction of sp³-hybridized carbons (Fsp3) is 0.733. The lowest BCUT2D eigenvalue weighted by molar-refractivity contribution is 0.324. The molecule has 1 heterocycles. The molecule has 0 aromatic carbocycles. The molecule has 0 atom stereocenters. The third-order valence-corrected chi connectivity index (χ3v) is 5.11. The number of hydrogen-bond acceptors (Lipinski definition) is 4. The molecule has 0 amide bonds. The van der Waals surface area contributed by atoms with E-state index in [4.69, 9.17) is 4.74 Å². The van der Waals surface area contributed by atoms with Gasteiger partial charge in [-0.15, -0.1) is 0 Å². The molecule has 1 N–H and O–H groups in total. The SMILES string of the molecule is CCOc1ncnc(NCC2C(C)(C)C2(C)C)c1C. The van der Waals surface area contributed by atoms with Crippen molar-refractivity contribution in [2.75, 3.05) is 18.5 Å². The first-order valence-electron chi connectivity index (χ1n) is 7.00. The van der Waals surface area contributed by atoms with Crippen molar-refractivity contribution in [1.82, 2.24) is 9.97 Å². The van der Waals surface area contributed by atoms with Crippen molar-refractivity contribution in [1.29, 1.82) is 0 Å². The van der Waals surface area contributed by atoms with Gasteiger partial charge in [-0.25, -0.2) is 9.97 Å². The van der Waals surface area contributed by atoms with Gasteiger partial charge < -0.3 is 10.1 Å². The Bertz CT molecular complexity index is 454. The maximum Gasteiger partial charge on any atom is 0.221 e. The Morgan fingerprint density at radius 2 is 1.84 bits per heavy atom. The lowest BCUT2D eigenvalue weighted by Crippen LogP contribution is -2.11. The molecule has 106 valence electrons. The van der Waals surface area contributed by atoms with Crippen LogP contribution in [0.5, 0.6) is 5.88 Å². The van der Waals surface area contributed by atoms with Gasteiger partial charge in [-0.1, -0.05) is 27.7 Å². The lowest BCUT2D eigenvalue weighted by Gasteiger charge is -2.12. The summed E-state index contributed by atoms with van der Waals surface area (Å²) in [4.78, 5) is 8.47. The predicted octanol–water partition coefficient (Wildman–Crippen LogP) is 3.28. The minimum Gasteiger partial charge on any atom is -0.478 e. The van der Waals surface area contributed by atoms with Crippen LogP contribution in [0.1, 0.15) is 40.2 Å². The fourth-order valence-electron chi connectivity index (χ4n) is 2.94. The Morgan fingerprint density at radius 1 is 1.21 bits per heavy atom. The average Bonchev–Trinajstić information content (AvgIpc) is 2.72. The van der Waals surface area contributed by atoms with Crippen LogP contribution in [0.2, 0.25) is 0 Å². The second kappa shape index (κ2) is 4.66. The molecule has 1 aromatic heterocycles. The van der Waals surface area contributed by atoms with Crippen molar-refractivity contribution in [2.45, 2.75) is 41.5 Å². The minimum atomic E-state index is 0.393. The molecule has 19 heavy (non-hydrogen) atoms. The van der Waals surface area contributed by atoms with Gasteiger partial charge >= 0.3 is 0 Å². The Morgan fingerprint density at radius 3 is 2.37 bits per heavy atom. The number of aromatic nitrogens is 2. The average molecular weight is 263 g/mol. The minimum absolute atomic E-state index is 0.393. The van der Waals surface area contributed by atoms with Crippen LogP contribution in [0.3, 0.4) is 0 Å². The van der Waals surface area contributed by atoms with Crippen molar-refractivity contribution in [3.8, 4) is 5.88 Å². The first-order valence-corrected chi connectivity index (χ1v) is 7.00. The summed E-state index contributed by atoms with van der Waals surface area (Å²) >= 11 is 0. The van der Waals surface area contributed by atoms with Crippen LogP contribution in [0, 0.1) is 23.7 Å². The van der Waals surface area contributed by atoms with E-state index in [1.807, 2.05) is 13.8 Å². The lowest BCUT2D eigenvalue weighted by atomic mass is 10.0. The first-order chi connectivity index (χ1) is 8.82. The highest BCUT2D eigenvalue weighted by Crippen LogP contribution is 2.68. The number of nitrogens with one attached hydrogen (secondary N) is 1. The Balaban J connectivity index is 2.03. The molecule has 0 bridgehead atoms. The van der Waals surface area contributed by atoms with E-state index in [0.717, 1.165) is 17.9 Å². The Kier molecular flexibility index (Phi) is 3.45. The maximum absolute atomic E-state index is 5.49. The molecule has 2 rings (SSSR count). The van der Waals surface area contributed by atoms with Gasteiger partial charge in [0.1, 0.15) is 12.1 Å². The van der Waals surface area contributed by atoms with Crippen molar-refractivity contribution < 1.29 is 4.74 Å². The molecule has 0 saturated heterocycles. The monoisotopic (exact) mass is 263 g/mol. The zero-order valence-corrected chi connectivity index (χ0v) is 12.9. The van der Waals surface area contributed by atoms with Crippen LogP contribution >= 0.6 is 0 Å². The summed E-state index contributed by atoms with van der Waals surface area (Å²) in [6, 6.07) is 0. The molecule has 0 spiro atoms. The van der Waals surface area contributed by atoms with E-state index < -0.39 is 0 Å². The van der Waals surface area contributed by atoms with Crippen LogP contribution in [-0.2, 0) is 0 Å². The predicted molar refractivity (Wildman–Crippen MR) is 77.5 cm³/mol. The Labute approximate surface area is 116 Å². The highest BCUT2D eigenvalue weighted by atomic mass is 16.5. The molecular formula is C15H25N3O. The van der Waals surface area contributed by atoms with Gasteiger partial charge in [0.15, 0.2) is 0 Å². The molecular weight excluding hydrogens is 238 g/mol. The highest BCUT2D eigenvalue weighted by molar-refractivity contribution is 5.48. The van der Waals surface area contributed by atoms with Crippen LogP contribution < -0.4 is 10.1 Å². The second-order valence-electron chi connectivity index (χ2n) is 6.46. The Hall–Kier alpha value is -1.32. The summed E-state index contributed by atoms with van der Waals surface area (Å²) in [6.45, 7) is 14.9. The summed E-state index contributed by atoms with van der Waals surface area (Å²) in [5, 5.41) is 3.45. The van der Waals surface area contributed by atoms with Gasteiger partial charge in [-0.05, 0) is 30.6 Å². The van der Waals surface area contributed by atoms with Gasteiger partial charge in [0.05, 0.1) is 12.2 Å². The standard InChI is InChI=1S/C15H25N3O/c1-7-19-13-10(2)12(17-9-18-13)16-8-11-14(3,4)15(11,5)6/h9,11H,7-8H2,1-6H3,(H,16,17,18). The summed E-state index contributed by atoms with van der Waals surface area (Å²) in [6.07, 6.45) is 1.56. The summed E-state index contributed by atoms with van der Waals surface area (Å²) < 4.78 is 5.49. The molecule has 0 radical (unpaired) electrons. The number of anilines is 1. The van der Waals surface area contributed by atoms with Gasteiger partial charge in [0, 0.05) is 6.54 Å². The van der Waals surface area contributed by atoms with Gasteiger partial charge in [0.2, 0.25) is 5.88 Å². The fourth-order valence-corrected chi connectivity index (χ4v) is 2.94. The van der Waals surface area contributed by atoms with E-state index in [1.54, 1.807) is 6.33 Å². The quantitative estimate of drug-likeness (QED) is 0.885. The van der Waals surface area contributed by atoms with E-state index in [2.05, 4.69) is 43.0 Å². The van der Waals surface area contributed by atoms with E-state index in [9.17, 15) is 0 Å². The third kappa shape index (κ3) is 2.28. The molecule has 0 aliphatic heterocycles. The van der Waals surface area contributed by atoms with Crippen LogP contribution in [-0.4, -0.2) is 23.1 Å². The topological polar surface area (TPSA) is 47.0 Å². The number of hydrogen-bond donors (Lipinski definition) is 1. The first kappa shape index (κ1) is 14.1. The zero-order chi connectivity index (χ0) is 14.3. The largest absolute Gasteiger partial charge is 0.478 e.